The molecule has 0 unspecified atom stereocenters. The zero-order valence-electron chi connectivity index (χ0n) is 10.5. The molecule has 0 aliphatic rings. The Balaban J connectivity index is 2.00. The Labute approximate surface area is 113 Å². The van der Waals surface area contributed by atoms with Gasteiger partial charge in [0, 0.05) is 11.6 Å². The molecule has 20 heavy (non-hydrogen) atoms. The standard InChI is InChI=1S/C13H10N4O3/c1-8-7-14-17(15-8)10-4-2-3-9(5-10)12-6-11(13(18)19)16-20-12/h2-7H,1H3,(H,18,19). The lowest BCUT2D eigenvalue weighted by atomic mass is 10.1. The van der Waals surface area contributed by atoms with E-state index in [0.717, 1.165) is 11.4 Å². The molecule has 7 nitrogen and oxygen atoms in total. The third-order valence-corrected chi connectivity index (χ3v) is 2.70. The first kappa shape index (κ1) is 12.1. The second-order valence-corrected chi connectivity index (χ2v) is 4.21. The van der Waals surface area contributed by atoms with Crippen LogP contribution in [0.2, 0.25) is 0 Å². The van der Waals surface area contributed by atoms with Crippen molar-refractivity contribution in [2.45, 2.75) is 6.92 Å². The monoisotopic (exact) mass is 270 g/mol. The fraction of sp³-hybridized carbons (Fsp3) is 0.0769. The summed E-state index contributed by atoms with van der Waals surface area (Å²) < 4.78 is 5.03. The summed E-state index contributed by atoms with van der Waals surface area (Å²) in [5.41, 5.74) is 2.14. The van der Waals surface area contributed by atoms with E-state index in [1.807, 2.05) is 19.1 Å². The predicted octanol–water partition coefficient (Wildman–Crippen LogP) is 1.93. The molecule has 3 rings (SSSR count). The molecule has 7 heteroatoms. The number of rotatable bonds is 3. The van der Waals surface area contributed by atoms with E-state index < -0.39 is 5.97 Å². The minimum absolute atomic E-state index is 0.126. The van der Waals surface area contributed by atoms with Gasteiger partial charge in [-0.3, -0.25) is 0 Å². The van der Waals surface area contributed by atoms with Crippen LogP contribution in [0.4, 0.5) is 0 Å². The second-order valence-electron chi connectivity index (χ2n) is 4.21. The summed E-state index contributed by atoms with van der Waals surface area (Å²) in [5.74, 6) is -0.742. The van der Waals surface area contributed by atoms with Gasteiger partial charge in [-0.2, -0.15) is 15.0 Å². The lowest BCUT2D eigenvalue weighted by Crippen LogP contribution is -1.98. The third-order valence-electron chi connectivity index (χ3n) is 2.70. The molecule has 0 radical (unpaired) electrons. The molecule has 0 fully saturated rings. The highest BCUT2D eigenvalue weighted by Crippen LogP contribution is 2.22. The fourth-order valence-corrected chi connectivity index (χ4v) is 1.76. The number of carboxylic acid groups (broad SMARTS) is 1. The maximum atomic E-state index is 10.8. The van der Waals surface area contributed by atoms with Crippen LogP contribution in [0.1, 0.15) is 16.2 Å². The van der Waals surface area contributed by atoms with Gasteiger partial charge in [-0.15, -0.1) is 0 Å². The number of hydrogen-bond acceptors (Lipinski definition) is 5. The maximum absolute atomic E-state index is 10.8. The maximum Gasteiger partial charge on any atom is 0.358 e. The summed E-state index contributed by atoms with van der Waals surface area (Å²) in [6.07, 6.45) is 1.66. The van der Waals surface area contributed by atoms with Gasteiger partial charge in [0.05, 0.1) is 17.6 Å². The molecule has 3 aromatic rings. The molecule has 0 bridgehead atoms. The third kappa shape index (κ3) is 2.16. The molecule has 0 saturated heterocycles. The van der Waals surface area contributed by atoms with Crippen molar-refractivity contribution in [3.8, 4) is 17.0 Å². The van der Waals surface area contributed by atoms with Crippen molar-refractivity contribution in [3.63, 3.8) is 0 Å². The van der Waals surface area contributed by atoms with Crippen LogP contribution in [-0.2, 0) is 0 Å². The molecule has 1 aromatic carbocycles. The lowest BCUT2D eigenvalue weighted by molar-refractivity contribution is 0.0686. The van der Waals surface area contributed by atoms with E-state index in [-0.39, 0.29) is 5.69 Å². The molecule has 1 N–H and O–H groups in total. The zero-order chi connectivity index (χ0) is 14.1. The number of aromatic nitrogens is 4. The minimum atomic E-state index is -1.12. The molecule has 0 aliphatic carbocycles. The summed E-state index contributed by atoms with van der Waals surface area (Å²) in [7, 11) is 0. The van der Waals surface area contributed by atoms with Crippen LogP contribution in [-0.4, -0.2) is 31.2 Å². The molecule has 100 valence electrons. The lowest BCUT2D eigenvalue weighted by Gasteiger charge is -2.01. The second kappa shape index (κ2) is 4.61. The zero-order valence-corrected chi connectivity index (χ0v) is 10.5. The molecule has 2 heterocycles. The largest absolute Gasteiger partial charge is 0.476 e. The Morgan fingerprint density at radius 1 is 1.35 bits per heavy atom. The van der Waals surface area contributed by atoms with Gasteiger partial charge in [0.25, 0.3) is 0 Å². The molecule has 0 atom stereocenters. The van der Waals surface area contributed by atoms with Gasteiger partial charge >= 0.3 is 5.97 Å². The number of aromatic carboxylic acids is 1. The van der Waals surface area contributed by atoms with Gasteiger partial charge in [0.1, 0.15) is 0 Å². The van der Waals surface area contributed by atoms with Crippen LogP contribution in [0.5, 0.6) is 0 Å². The fourth-order valence-electron chi connectivity index (χ4n) is 1.76. The normalized spacial score (nSPS) is 10.7. The number of benzene rings is 1. The van der Waals surface area contributed by atoms with Crippen LogP contribution in [0.15, 0.2) is 41.1 Å². The van der Waals surface area contributed by atoms with Crippen molar-refractivity contribution >= 4 is 5.97 Å². The van der Waals surface area contributed by atoms with E-state index in [4.69, 9.17) is 9.63 Å². The Morgan fingerprint density at radius 2 is 2.20 bits per heavy atom. The van der Waals surface area contributed by atoms with E-state index in [9.17, 15) is 4.79 Å². The van der Waals surface area contributed by atoms with E-state index in [1.54, 1.807) is 18.3 Å². The first-order chi connectivity index (χ1) is 9.63. The molecular weight excluding hydrogens is 260 g/mol. The first-order valence-electron chi connectivity index (χ1n) is 5.83. The number of nitrogens with zero attached hydrogens (tertiary/aromatic N) is 4. The quantitative estimate of drug-likeness (QED) is 0.781. The van der Waals surface area contributed by atoms with Crippen LogP contribution in [0.25, 0.3) is 17.0 Å². The minimum Gasteiger partial charge on any atom is -0.476 e. The summed E-state index contributed by atoms with van der Waals surface area (Å²) in [5, 5.41) is 20.7. The van der Waals surface area contributed by atoms with E-state index >= 15 is 0 Å². The van der Waals surface area contributed by atoms with Crippen molar-refractivity contribution in [3.05, 3.63) is 47.9 Å². The highest BCUT2D eigenvalue weighted by molar-refractivity contribution is 5.86. The van der Waals surface area contributed by atoms with E-state index in [2.05, 4.69) is 15.4 Å². The van der Waals surface area contributed by atoms with Gasteiger partial charge in [-0.1, -0.05) is 17.3 Å². The van der Waals surface area contributed by atoms with Gasteiger partial charge in [0.2, 0.25) is 0 Å². The number of carboxylic acids is 1. The molecule has 0 saturated carbocycles. The predicted molar refractivity (Wildman–Crippen MR) is 68.6 cm³/mol. The van der Waals surface area contributed by atoms with Crippen LogP contribution in [0, 0.1) is 6.92 Å². The van der Waals surface area contributed by atoms with E-state index in [0.29, 0.717) is 11.3 Å². The summed E-state index contributed by atoms with van der Waals surface area (Å²) in [6, 6.07) is 8.63. The highest BCUT2D eigenvalue weighted by atomic mass is 16.5. The Kier molecular flexibility index (Phi) is 2.79. The summed E-state index contributed by atoms with van der Waals surface area (Å²) in [4.78, 5) is 12.3. The highest BCUT2D eigenvalue weighted by Gasteiger charge is 2.12. The van der Waals surface area contributed by atoms with Gasteiger partial charge in [0.15, 0.2) is 11.5 Å². The summed E-state index contributed by atoms with van der Waals surface area (Å²) in [6.45, 7) is 1.85. The smallest absolute Gasteiger partial charge is 0.358 e. The average molecular weight is 270 g/mol. The number of carbonyl (C=O) groups is 1. The SMILES string of the molecule is Cc1cnn(-c2cccc(-c3cc(C(=O)O)no3)c2)n1. The molecular formula is C13H10N4O3. The molecule has 0 amide bonds. The number of aryl methyl sites for hydroxylation is 1. The Hall–Kier alpha value is -2.96. The summed E-state index contributed by atoms with van der Waals surface area (Å²) >= 11 is 0. The van der Waals surface area contributed by atoms with Crippen molar-refractivity contribution in [1.82, 2.24) is 20.2 Å². The Morgan fingerprint density at radius 3 is 2.85 bits per heavy atom. The van der Waals surface area contributed by atoms with Crippen LogP contribution < -0.4 is 0 Å². The number of hydrogen-bond donors (Lipinski definition) is 1. The van der Waals surface area contributed by atoms with Crippen molar-refractivity contribution < 1.29 is 14.4 Å². The van der Waals surface area contributed by atoms with Gasteiger partial charge in [-0.05, 0) is 19.1 Å². The topological polar surface area (TPSA) is 94.0 Å². The molecule has 2 aromatic heterocycles. The Bertz CT molecular complexity index is 775. The van der Waals surface area contributed by atoms with E-state index in [1.165, 1.54) is 10.9 Å². The van der Waals surface area contributed by atoms with Gasteiger partial charge in [-0.25, -0.2) is 4.79 Å². The van der Waals surface area contributed by atoms with Crippen LogP contribution >= 0.6 is 0 Å². The molecule has 0 aliphatic heterocycles. The van der Waals surface area contributed by atoms with Crippen molar-refractivity contribution in [1.29, 1.82) is 0 Å². The van der Waals surface area contributed by atoms with Crippen molar-refractivity contribution in [2.75, 3.05) is 0 Å². The average Bonchev–Trinajstić information content (AvgIpc) is 3.07. The van der Waals surface area contributed by atoms with Crippen molar-refractivity contribution in [2.24, 2.45) is 0 Å². The van der Waals surface area contributed by atoms with Gasteiger partial charge < -0.3 is 9.63 Å². The first-order valence-corrected chi connectivity index (χ1v) is 5.83. The molecule has 0 spiro atoms. The van der Waals surface area contributed by atoms with Crippen LogP contribution in [0.3, 0.4) is 0 Å².